The molecule has 4 rings (SSSR count). The molecule has 1 amide bonds. The number of nitrogens with zero attached hydrogens (tertiary/aromatic N) is 3. The SMILES string of the molecule is Cc1nc(CN2CCN(C(=O)COc3ccc(Oc4ccccc4)cc3)CC2)cs1. The number of para-hydroxylation sites is 1. The molecule has 0 radical (unpaired) electrons. The van der Waals surface area contributed by atoms with Gasteiger partial charge in [-0.3, -0.25) is 9.69 Å². The third-order valence-electron chi connectivity index (χ3n) is 4.94. The fourth-order valence-corrected chi connectivity index (χ4v) is 3.93. The molecule has 0 spiro atoms. The third kappa shape index (κ3) is 5.58. The van der Waals surface area contributed by atoms with E-state index in [0.717, 1.165) is 54.9 Å². The van der Waals surface area contributed by atoms with Gasteiger partial charge in [-0.1, -0.05) is 18.2 Å². The van der Waals surface area contributed by atoms with Crippen molar-refractivity contribution in [3.8, 4) is 17.2 Å². The second kappa shape index (κ2) is 9.73. The van der Waals surface area contributed by atoms with Gasteiger partial charge in [-0.25, -0.2) is 4.98 Å². The third-order valence-corrected chi connectivity index (χ3v) is 5.76. The van der Waals surface area contributed by atoms with Crippen LogP contribution in [0.5, 0.6) is 17.2 Å². The van der Waals surface area contributed by atoms with Gasteiger partial charge in [-0.2, -0.15) is 0 Å². The van der Waals surface area contributed by atoms with Crippen molar-refractivity contribution in [2.24, 2.45) is 0 Å². The number of thiazole rings is 1. The van der Waals surface area contributed by atoms with Gasteiger partial charge in [0.25, 0.3) is 5.91 Å². The van der Waals surface area contributed by atoms with E-state index in [1.54, 1.807) is 11.3 Å². The van der Waals surface area contributed by atoms with E-state index in [1.165, 1.54) is 0 Å². The van der Waals surface area contributed by atoms with Crippen LogP contribution in [-0.4, -0.2) is 53.5 Å². The molecular formula is C23H25N3O3S. The number of aryl methyl sites for hydroxylation is 1. The topological polar surface area (TPSA) is 54.9 Å². The first-order chi connectivity index (χ1) is 14.7. The zero-order chi connectivity index (χ0) is 20.8. The van der Waals surface area contributed by atoms with E-state index in [-0.39, 0.29) is 12.5 Å². The molecule has 156 valence electrons. The van der Waals surface area contributed by atoms with Gasteiger partial charge >= 0.3 is 0 Å². The standard InChI is InChI=1S/C23H25N3O3S/c1-18-24-19(17-30-18)15-25-11-13-26(14-12-25)23(27)16-28-20-7-9-22(10-8-20)29-21-5-3-2-4-6-21/h2-10,17H,11-16H2,1H3. The Morgan fingerprint density at radius 3 is 2.30 bits per heavy atom. The molecule has 2 aromatic carbocycles. The highest BCUT2D eigenvalue weighted by Crippen LogP contribution is 2.23. The van der Waals surface area contributed by atoms with E-state index < -0.39 is 0 Å². The van der Waals surface area contributed by atoms with Gasteiger partial charge in [-0.15, -0.1) is 11.3 Å². The van der Waals surface area contributed by atoms with E-state index in [1.807, 2.05) is 66.4 Å². The lowest BCUT2D eigenvalue weighted by Gasteiger charge is -2.34. The van der Waals surface area contributed by atoms with Crippen LogP contribution >= 0.6 is 11.3 Å². The maximum Gasteiger partial charge on any atom is 0.260 e. The van der Waals surface area contributed by atoms with Crippen LogP contribution in [0.4, 0.5) is 0 Å². The highest BCUT2D eigenvalue weighted by molar-refractivity contribution is 7.09. The molecule has 1 fully saturated rings. The first-order valence-electron chi connectivity index (χ1n) is 10.0. The Bertz CT molecular complexity index is 951. The van der Waals surface area contributed by atoms with Gasteiger partial charge in [0.15, 0.2) is 6.61 Å². The Labute approximate surface area is 180 Å². The highest BCUT2D eigenvalue weighted by atomic mass is 32.1. The zero-order valence-corrected chi connectivity index (χ0v) is 17.8. The van der Waals surface area contributed by atoms with Crippen LogP contribution in [0.1, 0.15) is 10.7 Å². The molecule has 6 nitrogen and oxygen atoms in total. The van der Waals surface area contributed by atoms with E-state index in [4.69, 9.17) is 9.47 Å². The van der Waals surface area contributed by atoms with Crippen molar-refractivity contribution in [3.63, 3.8) is 0 Å². The largest absolute Gasteiger partial charge is 0.484 e. The Morgan fingerprint density at radius 1 is 0.967 bits per heavy atom. The summed E-state index contributed by atoms with van der Waals surface area (Å²) in [5, 5.41) is 3.20. The molecule has 0 unspecified atom stereocenters. The van der Waals surface area contributed by atoms with Crippen molar-refractivity contribution < 1.29 is 14.3 Å². The molecular weight excluding hydrogens is 398 g/mol. The summed E-state index contributed by atoms with van der Waals surface area (Å²) >= 11 is 1.68. The van der Waals surface area contributed by atoms with Gasteiger partial charge in [0.1, 0.15) is 17.2 Å². The summed E-state index contributed by atoms with van der Waals surface area (Å²) < 4.78 is 11.5. The van der Waals surface area contributed by atoms with Crippen molar-refractivity contribution in [2.75, 3.05) is 32.8 Å². The van der Waals surface area contributed by atoms with Gasteiger partial charge in [0, 0.05) is 38.1 Å². The van der Waals surface area contributed by atoms with Crippen LogP contribution in [0, 0.1) is 6.92 Å². The summed E-state index contributed by atoms with van der Waals surface area (Å²) in [6.45, 7) is 6.06. The molecule has 1 saturated heterocycles. The fourth-order valence-electron chi connectivity index (χ4n) is 3.33. The zero-order valence-electron chi connectivity index (χ0n) is 17.0. The minimum Gasteiger partial charge on any atom is -0.484 e. The number of benzene rings is 2. The van der Waals surface area contributed by atoms with Gasteiger partial charge in [-0.05, 0) is 43.3 Å². The Hall–Kier alpha value is -2.90. The average molecular weight is 424 g/mol. The number of rotatable bonds is 7. The molecule has 0 N–H and O–H groups in total. The highest BCUT2D eigenvalue weighted by Gasteiger charge is 2.22. The number of piperazine rings is 1. The molecule has 3 aromatic rings. The maximum absolute atomic E-state index is 12.5. The predicted octanol–water partition coefficient (Wildman–Crippen LogP) is 3.97. The Kier molecular flexibility index (Phi) is 6.61. The Balaban J connectivity index is 1.20. The summed E-state index contributed by atoms with van der Waals surface area (Å²) in [7, 11) is 0. The Morgan fingerprint density at radius 2 is 1.63 bits per heavy atom. The monoisotopic (exact) mass is 423 g/mol. The van der Waals surface area contributed by atoms with Crippen LogP contribution in [0.2, 0.25) is 0 Å². The van der Waals surface area contributed by atoms with Gasteiger partial charge < -0.3 is 14.4 Å². The smallest absolute Gasteiger partial charge is 0.260 e. The molecule has 1 aliphatic rings. The summed E-state index contributed by atoms with van der Waals surface area (Å²) in [5.74, 6) is 2.18. The van der Waals surface area contributed by atoms with Crippen molar-refractivity contribution in [1.82, 2.24) is 14.8 Å². The summed E-state index contributed by atoms with van der Waals surface area (Å²) in [4.78, 5) is 21.2. The van der Waals surface area contributed by atoms with Crippen molar-refractivity contribution in [1.29, 1.82) is 0 Å². The van der Waals surface area contributed by atoms with Crippen LogP contribution in [-0.2, 0) is 11.3 Å². The molecule has 30 heavy (non-hydrogen) atoms. The average Bonchev–Trinajstić information content (AvgIpc) is 3.19. The van der Waals surface area contributed by atoms with Crippen molar-refractivity contribution in [3.05, 3.63) is 70.7 Å². The maximum atomic E-state index is 12.5. The van der Waals surface area contributed by atoms with Gasteiger partial charge in [0.05, 0.1) is 10.7 Å². The van der Waals surface area contributed by atoms with E-state index in [9.17, 15) is 4.79 Å². The fraction of sp³-hybridized carbons (Fsp3) is 0.304. The molecule has 1 aromatic heterocycles. The summed E-state index contributed by atoms with van der Waals surface area (Å²) in [6.07, 6.45) is 0. The number of carbonyl (C=O) groups excluding carboxylic acids is 1. The first kappa shape index (κ1) is 20.4. The van der Waals surface area contributed by atoms with Crippen LogP contribution < -0.4 is 9.47 Å². The first-order valence-corrected chi connectivity index (χ1v) is 10.9. The number of amides is 1. The molecule has 0 aliphatic carbocycles. The lowest BCUT2D eigenvalue weighted by atomic mass is 10.3. The molecule has 2 heterocycles. The van der Waals surface area contributed by atoms with E-state index in [0.29, 0.717) is 5.75 Å². The molecule has 7 heteroatoms. The van der Waals surface area contributed by atoms with Gasteiger partial charge in [0.2, 0.25) is 0 Å². The lowest BCUT2D eigenvalue weighted by Crippen LogP contribution is -2.49. The number of hydrogen-bond acceptors (Lipinski definition) is 6. The predicted molar refractivity (Wildman–Crippen MR) is 117 cm³/mol. The van der Waals surface area contributed by atoms with E-state index in [2.05, 4.69) is 15.3 Å². The minimum atomic E-state index is 0.0174. The van der Waals surface area contributed by atoms with Crippen LogP contribution in [0.3, 0.4) is 0 Å². The quantitative estimate of drug-likeness (QED) is 0.576. The number of carbonyl (C=O) groups is 1. The molecule has 1 aliphatic heterocycles. The lowest BCUT2D eigenvalue weighted by molar-refractivity contribution is -0.135. The second-order valence-corrected chi connectivity index (χ2v) is 8.25. The van der Waals surface area contributed by atoms with Crippen LogP contribution in [0.25, 0.3) is 0 Å². The minimum absolute atomic E-state index is 0.0174. The summed E-state index contributed by atoms with van der Waals surface area (Å²) in [5.41, 5.74) is 1.11. The van der Waals surface area contributed by atoms with Crippen molar-refractivity contribution in [2.45, 2.75) is 13.5 Å². The summed E-state index contributed by atoms with van der Waals surface area (Å²) in [6, 6.07) is 16.9. The normalized spacial score (nSPS) is 14.5. The van der Waals surface area contributed by atoms with Crippen LogP contribution in [0.15, 0.2) is 60.0 Å². The van der Waals surface area contributed by atoms with Crippen molar-refractivity contribution >= 4 is 17.2 Å². The molecule has 0 saturated carbocycles. The number of aromatic nitrogens is 1. The second-order valence-electron chi connectivity index (χ2n) is 7.19. The number of hydrogen-bond donors (Lipinski definition) is 0. The van der Waals surface area contributed by atoms with E-state index >= 15 is 0 Å². The molecule has 0 atom stereocenters. The molecule has 0 bridgehead atoms. The number of ether oxygens (including phenoxy) is 2.